The highest BCUT2D eigenvalue weighted by atomic mass is 32.2. The fraction of sp³-hybridized carbons (Fsp3) is 0.381. The Hall–Kier alpha value is -1.74. The molecule has 0 aromatic heterocycles. The molecular weight excluding hydrogens is 312 g/mol. The second-order valence-corrected chi connectivity index (χ2v) is 6.85. The van der Waals surface area contributed by atoms with Crippen molar-refractivity contribution < 1.29 is 0 Å². The zero-order chi connectivity index (χ0) is 17.8. The molecule has 1 atom stereocenters. The lowest BCUT2D eigenvalue weighted by Gasteiger charge is -2.19. The Bertz CT molecular complexity index is 573. The molecule has 1 aromatic rings. The average Bonchev–Trinajstić information content (AvgIpc) is 2.62. The van der Waals surface area contributed by atoms with Crippen molar-refractivity contribution in [3.05, 3.63) is 65.7 Å². The van der Waals surface area contributed by atoms with Gasteiger partial charge in [0.25, 0.3) is 0 Å². The van der Waals surface area contributed by atoms with Gasteiger partial charge in [-0.2, -0.15) is 0 Å². The highest BCUT2D eigenvalue weighted by Crippen LogP contribution is 2.25. The number of aliphatic imine (C=N–C) groups is 1. The van der Waals surface area contributed by atoms with Crippen LogP contribution in [0.4, 0.5) is 5.69 Å². The van der Waals surface area contributed by atoms with Crippen LogP contribution in [-0.4, -0.2) is 18.0 Å². The first-order chi connectivity index (χ1) is 11.6. The van der Waals surface area contributed by atoms with Crippen LogP contribution in [0.15, 0.2) is 70.7 Å². The SMILES string of the molecule is C=C/C(SCCCC)=C(/NC(C)CC)C(=C)C=Nc1ccccc1. The molecule has 0 saturated heterocycles. The van der Waals surface area contributed by atoms with Gasteiger partial charge in [-0.05, 0) is 37.7 Å². The van der Waals surface area contributed by atoms with E-state index in [1.165, 1.54) is 12.8 Å². The van der Waals surface area contributed by atoms with Crippen LogP contribution < -0.4 is 5.32 Å². The van der Waals surface area contributed by atoms with Gasteiger partial charge >= 0.3 is 0 Å². The van der Waals surface area contributed by atoms with Crippen LogP contribution in [0.2, 0.25) is 0 Å². The number of hydrogen-bond acceptors (Lipinski definition) is 3. The zero-order valence-electron chi connectivity index (χ0n) is 15.2. The van der Waals surface area contributed by atoms with E-state index in [0.29, 0.717) is 6.04 Å². The van der Waals surface area contributed by atoms with Crippen molar-refractivity contribution in [3.63, 3.8) is 0 Å². The number of para-hydroxylation sites is 1. The molecule has 2 nitrogen and oxygen atoms in total. The lowest BCUT2D eigenvalue weighted by atomic mass is 10.1. The Morgan fingerprint density at radius 1 is 1.29 bits per heavy atom. The Kier molecular flexibility index (Phi) is 9.94. The summed E-state index contributed by atoms with van der Waals surface area (Å²) in [6, 6.07) is 10.3. The first kappa shape index (κ1) is 20.3. The third kappa shape index (κ3) is 7.22. The van der Waals surface area contributed by atoms with Gasteiger partial charge in [0.05, 0.1) is 11.4 Å². The molecule has 1 unspecified atom stereocenters. The lowest BCUT2D eigenvalue weighted by molar-refractivity contribution is 0.602. The quantitative estimate of drug-likeness (QED) is 0.291. The molecule has 0 heterocycles. The maximum atomic E-state index is 4.53. The Morgan fingerprint density at radius 3 is 2.58 bits per heavy atom. The Balaban J connectivity index is 2.99. The highest BCUT2D eigenvalue weighted by Gasteiger charge is 2.10. The van der Waals surface area contributed by atoms with Gasteiger partial charge in [-0.3, -0.25) is 4.99 Å². The van der Waals surface area contributed by atoms with E-state index in [9.17, 15) is 0 Å². The minimum absolute atomic E-state index is 0.378. The predicted molar refractivity (Wildman–Crippen MR) is 111 cm³/mol. The molecule has 0 saturated carbocycles. The van der Waals surface area contributed by atoms with Gasteiger partial charge in [0.15, 0.2) is 0 Å². The van der Waals surface area contributed by atoms with E-state index < -0.39 is 0 Å². The molecule has 1 rings (SSSR count). The number of rotatable bonds is 11. The Morgan fingerprint density at radius 2 is 2.00 bits per heavy atom. The van der Waals surface area contributed by atoms with Gasteiger partial charge in [0.2, 0.25) is 0 Å². The van der Waals surface area contributed by atoms with E-state index in [1.807, 2.05) is 54.4 Å². The van der Waals surface area contributed by atoms with Crippen LogP contribution in [-0.2, 0) is 0 Å². The van der Waals surface area contributed by atoms with Gasteiger partial charge in [0, 0.05) is 22.7 Å². The molecule has 3 heteroatoms. The fourth-order valence-corrected chi connectivity index (χ4v) is 3.07. The second kappa shape index (κ2) is 11.7. The van der Waals surface area contributed by atoms with E-state index in [4.69, 9.17) is 0 Å². The number of unbranched alkanes of at least 4 members (excludes halogenated alkanes) is 1. The average molecular weight is 343 g/mol. The summed E-state index contributed by atoms with van der Waals surface area (Å²) in [6.07, 6.45) is 7.21. The molecule has 0 radical (unpaired) electrons. The van der Waals surface area contributed by atoms with E-state index in [1.54, 1.807) is 0 Å². The third-order valence-corrected chi connectivity index (χ3v) is 4.81. The molecule has 0 aliphatic rings. The number of allylic oxidation sites excluding steroid dienone is 2. The van der Waals surface area contributed by atoms with Crippen molar-refractivity contribution in [1.29, 1.82) is 0 Å². The number of nitrogens with zero attached hydrogens (tertiary/aromatic N) is 1. The summed E-state index contributed by atoms with van der Waals surface area (Å²) in [7, 11) is 0. The molecule has 24 heavy (non-hydrogen) atoms. The summed E-state index contributed by atoms with van der Waals surface area (Å²) in [5.41, 5.74) is 2.86. The van der Waals surface area contributed by atoms with Crippen LogP contribution in [0.25, 0.3) is 0 Å². The Labute approximate surface area is 151 Å². The van der Waals surface area contributed by atoms with E-state index >= 15 is 0 Å². The summed E-state index contributed by atoms with van der Waals surface area (Å²) in [4.78, 5) is 5.68. The number of nitrogens with one attached hydrogen (secondary N) is 1. The number of thioether (sulfide) groups is 1. The minimum Gasteiger partial charge on any atom is -0.381 e. The maximum Gasteiger partial charge on any atom is 0.0629 e. The molecule has 0 spiro atoms. The maximum absolute atomic E-state index is 4.53. The van der Waals surface area contributed by atoms with Crippen molar-refractivity contribution in [2.45, 2.75) is 46.1 Å². The molecule has 0 amide bonds. The summed E-state index contributed by atoms with van der Waals surface area (Å²) >= 11 is 1.83. The fourth-order valence-electron chi connectivity index (χ4n) is 1.96. The smallest absolute Gasteiger partial charge is 0.0629 e. The van der Waals surface area contributed by atoms with Crippen LogP contribution in [0.1, 0.15) is 40.0 Å². The van der Waals surface area contributed by atoms with Crippen molar-refractivity contribution >= 4 is 23.7 Å². The van der Waals surface area contributed by atoms with Crippen LogP contribution >= 0.6 is 11.8 Å². The van der Waals surface area contributed by atoms with Crippen molar-refractivity contribution in [2.24, 2.45) is 4.99 Å². The van der Waals surface area contributed by atoms with E-state index in [0.717, 1.165) is 34.0 Å². The zero-order valence-corrected chi connectivity index (χ0v) is 16.0. The second-order valence-electron chi connectivity index (χ2n) is 5.72. The monoisotopic (exact) mass is 342 g/mol. The van der Waals surface area contributed by atoms with Gasteiger partial charge in [-0.15, -0.1) is 11.8 Å². The standard InChI is InChI=1S/C21H30N2S/c1-6-9-15-24-20(8-3)21(23-18(5)7-2)17(4)16-22-19-13-11-10-12-14-19/h8,10-14,16,18,23H,3-4,6-7,9,15H2,1-2,5H3/b21-20-,22-16?. The first-order valence-electron chi connectivity index (χ1n) is 8.66. The molecule has 0 bridgehead atoms. The van der Waals surface area contributed by atoms with Crippen LogP contribution in [0.3, 0.4) is 0 Å². The summed E-state index contributed by atoms with van der Waals surface area (Å²) < 4.78 is 0. The molecule has 0 fully saturated rings. The third-order valence-electron chi connectivity index (χ3n) is 3.64. The summed E-state index contributed by atoms with van der Waals surface area (Å²) in [5.74, 6) is 1.09. The van der Waals surface area contributed by atoms with Crippen LogP contribution in [0, 0.1) is 0 Å². The van der Waals surface area contributed by atoms with Crippen molar-refractivity contribution in [3.8, 4) is 0 Å². The topological polar surface area (TPSA) is 24.4 Å². The predicted octanol–water partition coefficient (Wildman–Crippen LogP) is 6.26. The summed E-state index contributed by atoms with van der Waals surface area (Å²) in [6.45, 7) is 14.8. The van der Waals surface area contributed by atoms with Crippen molar-refractivity contribution in [2.75, 3.05) is 5.75 Å². The molecule has 0 aliphatic carbocycles. The normalized spacial score (nSPS) is 13.5. The molecule has 1 N–H and O–H groups in total. The van der Waals surface area contributed by atoms with Crippen LogP contribution in [0.5, 0.6) is 0 Å². The van der Waals surface area contributed by atoms with Gasteiger partial charge in [-0.1, -0.05) is 57.7 Å². The lowest BCUT2D eigenvalue weighted by Crippen LogP contribution is -2.26. The van der Waals surface area contributed by atoms with E-state index in [2.05, 4.69) is 44.2 Å². The molecule has 0 aliphatic heterocycles. The number of hydrogen-bond donors (Lipinski definition) is 1. The minimum atomic E-state index is 0.378. The largest absolute Gasteiger partial charge is 0.381 e. The highest BCUT2D eigenvalue weighted by molar-refractivity contribution is 8.03. The van der Waals surface area contributed by atoms with Gasteiger partial charge in [-0.25, -0.2) is 0 Å². The van der Waals surface area contributed by atoms with Crippen molar-refractivity contribution in [1.82, 2.24) is 5.32 Å². The number of benzene rings is 1. The summed E-state index contributed by atoms with van der Waals surface area (Å²) in [5, 5.41) is 3.58. The van der Waals surface area contributed by atoms with Gasteiger partial charge in [0.1, 0.15) is 0 Å². The molecule has 130 valence electrons. The van der Waals surface area contributed by atoms with E-state index in [-0.39, 0.29) is 0 Å². The van der Waals surface area contributed by atoms with Gasteiger partial charge < -0.3 is 5.32 Å². The first-order valence-corrected chi connectivity index (χ1v) is 9.65. The molecule has 1 aromatic carbocycles. The molecular formula is C21H30N2S.